The van der Waals surface area contributed by atoms with Crippen molar-refractivity contribution in [3.8, 4) is 0 Å². The van der Waals surface area contributed by atoms with Crippen LogP contribution in [0.2, 0.25) is 0 Å². The highest BCUT2D eigenvalue weighted by atomic mass is 15.1. The lowest BCUT2D eigenvalue weighted by Gasteiger charge is -2.34. The number of nitrogens with one attached hydrogen (secondary N) is 1. The van der Waals surface area contributed by atoms with Crippen LogP contribution in [0.1, 0.15) is 78.1 Å². The fourth-order valence-electron chi connectivity index (χ4n) is 4.36. The Morgan fingerprint density at radius 2 is 1.75 bits per heavy atom. The molecule has 2 rings (SSSR count). The first kappa shape index (κ1) is 16.3. The summed E-state index contributed by atoms with van der Waals surface area (Å²) in [4.78, 5) is 2.79. The van der Waals surface area contributed by atoms with Crippen LogP contribution >= 0.6 is 0 Å². The van der Waals surface area contributed by atoms with Gasteiger partial charge in [-0.1, -0.05) is 39.5 Å². The van der Waals surface area contributed by atoms with Crippen molar-refractivity contribution in [3.05, 3.63) is 0 Å². The van der Waals surface area contributed by atoms with E-state index in [9.17, 15) is 0 Å². The van der Waals surface area contributed by atoms with Crippen molar-refractivity contribution < 1.29 is 0 Å². The summed E-state index contributed by atoms with van der Waals surface area (Å²) < 4.78 is 0. The van der Waals surface area contributed by atoms with E-state index in [1.54, 1.807) is 0 Å². The summed E-state index contributed by atoms with van der Waals surface area (Å²) in [5.41, 5.74) is 0. The lowest BCUT2D eigenvalue weighted by molar-refractivity contribution is 0.150. The number of nitrogens with zero attached hydrogens (tertiary/aromatic N) is 1. The fourth-order valence-corrected chi connectivity index (χ4v) is 4.36. The van der Waals surface area contributed by atoms with Crippen LogP contribution in [0.25, 0.3) is 0 Å². The van der Waals surface area contributed by atoms with Gasteiger partial charge in [-0.25, -0.2) is 0 Å². The van der Waals surface area contributed by atoms with Gasteiger partial charge in [0.25, 0.3) is 0 Å². The van der Waals surface area contributed by atoms with Crippen LogP contribution < -0.4 is 5.32 Å². The zero-order valence-electron chi connectivity index (χ0n) is 13.9. The topological polar surface area (TPSA) is 15.3 Å². The first-order valence-electron chi connectivity index (χ1n) is 9.32. The Bertz CT molecular complexity index is 248. The van der Waals surface area contributed by atoms with Crippen molar-refractivity contribution in [2.45, 2.75) is 90.1 Å². The minimum atomic E-state index is 0.819. The van der Waals surface area contributed by atoms with E-state index in [-0.39, 0.29) is 0 Å². The van der Waals surface area contributed by atoms with E-state index >= 15 is 0 Å². The molecule has 2 heteroatoms. The summed E-state index contributed by atoms with van der Waals surface area (Å²) in [5.74, 6) is 0.944. The molecular weight excluding hydrogens is 244 g/mol. The highest BCUT2D eigenvalue weighted by Crippen LogP contribution is 2.30. The normalized spacial score (nSPS) is 28.4. The van der Waals surface area contributed by atoms with E-state index in [1.165, 1.54) is 83.8 Å². The largest absolute Gasteiger partial charge is 0.314 e. The standard InChI is InChI=1S/C18H36N2/c1-3-14-19-18-12-8-9-16(18)13-15-20(4-2)17-10-6-5-7-11-17/h16-19H,3-15H2,1-2H3. The minimum absolute atomic E-state index is 0.819. The molecule has 2 unspecified atom stereocenters. The second kappa shape index (κ2) is 9.04. The predicted octanol–water partition coefficient (Wildman–Crippen LogP) is 4.20. The Balaban J connectivity index is 1.73. The molecule has 2 aliphatic rings. The molecule has 0 aromatic rings. The fraction of sp³-hybridized carbons (Fsp3) is 1.00. The van der Waals surface area contributed by atoms with E-state index in [2.05, 4.69) is 24.1 Å². The van der Waals surface area contributed by atoms with Crippen molar-refractivity contribution in [3.63, 3.8) is 0 Å². The van der Waals surface area contributed by atoms with Crippen LogP contribution in [0.5, 0.6) is 0 Å². The maximum Gasteiger partial charge on any atom is 0.00958 e. The van der Waals surface area contributed by atoms with Gasteiger partial charge < -0.3 is 10.2 Å². The molecule has 0 heterocycles. The monoisotopic (exact) mass is 280 g/mol. The van der Waals surface area contributed by atoms with E-state index in [0.29, 0.717) is 0 Å². The average Bonchev–Trinajstić information content (AvgIpc) is 2.94. The second-order valence-electron chi connectivity index (χ2n) is 6.96. The smallest absolute Gasteiger partial charge is 0.00958 e. The van der Waals surface area contributed by atoms with Crippen LogP contribution in [0.15, 0.2) is 0 Å². The minimum Gasteiger partial charge on any atom is -0.314 e. The third-order valence-corrected chi connectivity index (χ3v) is 5.60. The molecule has 0 radical (unpaired) electrons. The van der Waals surface area contributed by atoms with Crippen LogP contribution in [-0.4, -0.2) is 36.6 Å². The summed E-state index contributed by atoms with van der Waals surface area (Å²) in [6, 6.07) is 1.72. The maximum atomic E-state index is 3.78. The predicted molar refractivity (Wildman–Crippen MR) is 88.2 cm³/mol. The Kier molecular flexibility index (Phi) is 7.37. The van der Waals surface area contributed by atoms with Crippen LogP contribution in [0.4, 0.5) is 0 Å². The molecule has 0 aromatic heterocycles. The molecule has 0 bridgehead atoms. The maximum absolute atomic E-state index is 3.78. The molecule has 1 N–H and O–H groups in total. The van der Waals surface area contributed by atoms with Crippen molar-refractivity contribution in [1.82, 2.24) is 10.2 Å². The molecule has 2 saturated carbocycles. The second-order valence-corrected chi connectivity index (χ2v) is 6.96. The van der Waals surface area contributed by atoms with E-state index in [1.807, 2.05) is 0 Å². The van der Waals surface area contributed by atoms with Gasteiger partial charge in [-0.05, 0) is 64.1 Å². The van der Waals surface area contributed by atoms with E-state index < -0.39 is 0 Å². The molecule has 20 heavy (non-hydrogen) atoms. The van der Waals surface area contributed by atoms with Gasteiger partial charge in [-0.3, -0.25) is 0 Å². The molecule has 2 fully saturated rings. The van der Waals surface area contributed by atoms with Gasteiger partial charge in [0.05, 0.1) is 0 Å². The summed E-state index contributed by atoms with van der Waals surface area (Å²) in [7, 11) is 0. The lowest BCUT2D eigenvalue weighted by Crippen LogP contribution is -2.40. The molecule has 0 spiro atoms. The van der Waals surface area contributed by atoms with Gasteiger partial charge in [-0.15, -0.1) is 0 Å². The molecule has 118 valence electrons. The Hall–Kier alpha value is -0.0800. The summed E-state index contributed by atoms with van der Waals surface area (Å²) in [6.07, 6.45) is 14.3. The van der Waals surface area contributed by atoms with E-state index in [4.69, 9.17) is 0 Å². The Morgan fingerprint density at radius 3 is 2.45 bits per heavy atom. The zero-order chi connectivity index (χ0) is 14.2. The number of hydrogen-bond acceptors (Lipinski definition) is 2. The number of rotatable bonds is 8. The van der Waals surface area contributed by atoms with Gasteiger partial charge in [0.1, 0.15) is 0 Å². The quantitative estimate of drug-likeness (QED) is 0.717. The molecule has 0 amide bonds. The molecule has 2 atom stereocenters. The van der Waals surface area contributed by atoms with Gasteiger partial charge in [0, 0.05) is 12.1 Å². The third-order valence-electron chi connectivity index (χ3n) is 5.60. The van der Waals surface area contributed by atoms with Crippen molar-refractivity contribution in [2.75, 3.05) is 19.6 Å². The van der Waals surface area contributed by atoms with Crippen LogP contribution in [0, 0.1) is 5.92 Å². The molecule has 0 saturated heterocycles. The van der Waals surface area contributed by atoms with Gasteiger partial charge in [0.2, 0.25) is 0 Å². The SMILES string of the molecule is CCCNC1CCCC1CCN(CC)C1CCCCC1. The van der Waals surface area contributed by atoms with Gasteiger partial charge in [-0.2, -0.15) is 0 Å². The Morgan fingerprint density at radius 1 is 0.950 bits per heavy atom. The van der Waals surface area contributed by atoms with Gasteiger partial charge >= 0.3 is 0 Å². The summed E-state index contributed by atoms with van der Waals surface area (Å²) in [5, 5.41) is 3.78. The molecular formula is C18H36N2. The average molecular weight is 280 g/mol. The first-order chi connectivity index (χ1) is 9.85. The highest BCUT2D eigenvalue weighted by Gasteiger charge is 2.28. The summed E-state index contributed by atoms with van der Waals surface area (Å²) >= 11 is 0. The molecule has 0 aromatic carbocycles. The molecule has 2 aliphatic carbocycles. The van der Waals surface area contributed by atoms with Gasteiger partial charge in [0.15, 0.2) is 0 Å². The first-order valence-corrected chi connectivity index (χ1v) is 9.32. The highest BCUT2D eigenvalue weighted by molar-refractivity contribution is 4.84. The van der Waals surface area contributed by atoms with Crippen LogP contribution in [0.3, 0.4) is 0 Å². The molecule has 0 aliphatic heterocycles. The third kappa shape index (κ3) is 4.73. The zero-order valence-corrected chi connectivity index (χ0v) is 13.9. The van der Waals surface area contributed by atoms with Crippen LogP contribution in [-0.2, 0) is 0 Å². The Labute approximate surface area is 126 Å². The summed E-state index contributed by atoms with van der Waals surface area (Å²) in [6.45, 7) is 8.44. The number of hydrogen-bond donors (Lipinski definition) is 1. The molecule has 2 nitrogen and oxygen atoms in total. The lowest BCUT2D eigenvalue weighted by atomic mass is 9.93. The van der Waals surface area contributed by atoms with E-state index in [0.717, 1.165) is 18.0 Å². The van der Waals surface area contributed by atoms with Crippen molar-refractivity contribution in [1.29, 1.82) is 0 Å². The van der Waals surface area contributed by atoms with Crippen molar-refractivity contribution in [2.24, 2.45) is 5.92 Å². The van der Waals surface area contributed by atoms with Crippen molar-refractivity contribution >= 4 is 0 Å².